The van der Waals surface area contributed by atoms with E-state index in [2.05, 4.69) is 4.98 Å². The molecule has 0 saturated carbocycles. The van der Waals surface area contributed by atoms with Crippen molar-refractivity contribution >= 4 is 29.1 Å². The van der Waals surface area contributed by atoms with Crippen molar-refractivity contribution < 1.29 is 0 Å². The molecule has 2 aromatic rings. The van der Waals surface area contributed by atoms with Gasteiger partial charge in [0, 0.05) is 39.8 Å². The summed E-state index contributed by atoms with van der Waals surface area (Å²) in [5.74, 6) is 0.814. The molecule has 100 valence electrons. The number of hydrogen-bond acceptors (Lipinski definition) is 4. The predicted molar refractivity (Wildman–Crippen MR) is 82.5 cm³/mol. The lowest BCUT2D eigenvalue weighted by atomic mass is 10.1. The van der Waals surface area contributed by atoms with Gasteiger partial charge in [-0.1, -0.05) is 17.7 Å². The first kappa shape index (κ1) is 14.2. The minimum absolute atomic E-state index is 0.0375. The summed E-state index contributed by atoms with van der Waals surface area (Å²) < 4.78 is 0. The van der Waals surface area contributed by atoms with Crippen molar-refractivity contribution in [2.24, 2.45) is 5.73 Å². The normalized spacial score (nSPS) is 12.3. The number of halogens is 1. The highest BCUT2D eigenvalue weighted by Gasteiger charge is 2.08. The van der Waals surface area contributed by atoms with Crippen LogP contribution < -0.4 is 11.5 Å². The van der Waals surface area contributed by atoms with Crippen molar-refractivity contribution in [1.82, 2.24) is 4.98 Å². The molecule has 0 fully saturated rings. The van der Waals surface area contributed by atoms with E-state index < -0.39 is 0 Å². The van der Waals surface area contributed by atoms with Crippen LogP contribution in [0.5, 0.6) is 0 Å². The number of hydrogen-bond donors (Lipinski definition) is 2. The van der Waals surface area contributed by atoms with E-state index in [1.54, 1.807) is 30.2 Å². The van der Waals surface area contributed by atoms with Gasteiger partial charge < -0.3 is 11.5 Å². The first-order valence-corrected chi connectivity index (χ1v) is 7.34. The van der Waals surface area contributed by atoms with Crippen LogP contribution in [-0.4, -0.2) is 16.8 Å². The third kappa shape index (κ3) is 4.42. The number of nitrogens with zero attached hydrogens (tertiary/aromatic N) is 1. The maximum Gasteiger partial charge on any atom is 0.0417 e. The number of rotatable bonds is 5. The van der Waals surface area contributed by atoms with Gasteiger partial charge in [-0.15, -0.1) is 11.8 Å². The molecule has 1 atom stereocenters. The third-order valence-electron chi connectivity index (χ3n) is 2.68. The molecular weight excluding hydrogens is 278 g/mol. The van der Waals surface area contributed by atoms with Crippen molar-refractivity contribution in [3.8, 4) is 0 Å². The van der Waals surface area contributed by atoms with Crippen LogP contribution in [0, 0.1) is 0 Å². The Morgan fingerprint density at radius 2 is 2.16 bits per heavy atom. The van der Waals surface area contributed by atoms with E-state index in [9.17, 15) is 0 Å². The van der Waals surface area contributed by atoms with Gasteiger partial charge in [0.05, 0.1) is 0 Å². The van der Waals surface area contributed by atoms with Crippen LogP contribution in [0.1, 0.15) is 5.56 Å². The molecule has 0 radical (unpaired) electrons. The topological polar surface area (TPSA) is 64.9 Å². The van der Waals surface area contributed by atoms with Gasteiger partial charge in [-0.3, -0.25) is 4.98 Å². The Bertz CT molecular complexity index is 548. The summed E-state index contributed by atoms with van der Waals surface area (Å²) in [5.41, 5.74) is 13.7. The zero-order valence-corrected chi connectivity index (χ0v) is 12.0. The number of thioether (sulfide) groups is 1. The van der Waals surface area contributed by atoms with Crippen molar-refractivity contribution in [2.75, 3.05) is 11.5 Å². The van der Waals surface area contributed by atoms with Crippen LogP contribution in [0.2, 0.25) is 5.02 Å². The second-order valence-electron chi connectivity index (χ2n) is 4.31. The van der Waals surface area contributed by atoms with E-state index in [1.165, 1.54) is 0 Å². The molecule has 0 aliphatic heterocycles. The third-order valence-corrected chi connectivity index (χ3v) is 4.10. The second kappa shape index (κ2) is 6.80. The molecule has 0 saturated heterocycles. The molecule has 1 aromatic heterocycles. The molecule has 1 unspecified atom stereocenters. The highest BCUT2D eigenvalue weighted by molar-refractivity contribution is 7.99. The number of benzene rings is 1. The van der Waals surface area contributed by atoms with Crippen LogP contribution in [-0.2, 0) is 6.42 Å². The van der Waals surface area contributed by atoms with E-state index in [4.69, 9.17) is 23.1 Å². The lowest BCUT2D eigenvalue weighted by Gasteiger charge is -2.12. The zero-order valence-electron chi connectivity index (χ0n) is 10.4. The van der Waals surface area contributed by atoms with Crippen molar-refractivity contribution in [3.63, 3.8) is 0 Å². The van der Waals surface area contributed by atoms with Crippen LogP contribution in [0.4, 0.5) is 5.69 Å². The molecule has 5 heteroatoms. The molecule has 0 aliphatic rings. The van der Waals surface area contributed by atoms with Crippen molar-refractivity contribution in [2.45, 2.75) is 17.4 Å². The highest BCUT2D eigenvalue weighted by Crippen LogP contribution is 2.23. The Balaban J connectivity index is 1.88. The summed E-state index contributed by atoms with van der Waals surface area (Å²) >= 11 is 7.64. The Morgan fingerprint density at radius 3 is 2.89 bits per heavy atom. The fourth-order valence-corrected chi connectivity index (χ4v) is 2.87. The largest absolute Gasteiger partial charge is 0.398 e. The summed E-state index contributed by atoms with van der Waals surface area (Å²) in [5, 5.41) is 0.745. The molecule has 2 rings (SSSR count). The predicted octanol–water partition coefficient (Wildman–Crippen LogP) is 2.98. The molecule has 3 nitrogen and oxygen atoms in total. The minimum atomic E-state index is 0.0375. The van der Waals surface area contributed by atoms with E-state index >= 15 is 0 Å². The standard InChI is InChI=1S/C14H16ClN3S/c15-11-2-1-3-13(7-11)19-9-12(16)6-10-8-18-5-4-14(10)17/h1-5,7-8,12H,6,9,16H2,(H2,17,18). The lowest BCUT2D eigenvalue weighted by molar-refractivity contribution is 0.747. The number of pyridine rings is 1. The SMILES string of the molecule is Nc1ccncc1CC(N)CSc1cccc(Cl)c1. The summed E-state index contributed by atoms with van der Waals surface area (Å²) in [7, 11) is 0. The smallest absolute Gasteiger partial charge is 0.0417 e. The molecule has 0 spiro atoms. The van der Waals surface area contributed by atoms with Crippen LogP contribution in [0.3, 0.4) is 0 Å². The Hall–Kier alpha value is -1.23. The maximum atomic E-state index is 6.12. The van der Waals surface area contributed by atoms with Gasteiger partial charge in [0.2, 0.25) is 0 Å². The number of anilines is 1. The highest BCUT2D eigenvalue weighted by atomic mass is 35.5. The summed E-state index contributed by atoms with van der Waals surface area (Å²) in [6.07, 6.45) is 4.19. The number of nitrogens with two attached hydrogens (primary N) is 2. The van der Waals surface area contributed by atoms with Crippen LogP contribution >= 0.6 is 23.4 Å². The second-order valence-corrected chi connectivity index (χ2v) is 5.84. The monoisotopic (exact) mass is 293 g/mol. The molecule has 1 heterocycles. The van der Waals surface area contributed by atoms with Gasteiger partial charge in [0.25, 0.3) is 0 Å². The van der Waals surface area contributed by atoms with Crippen LogP contribution in [0.15, 0.2) is 47.6 Å². The van der Waals surface area contributed by atoms with Gasteiger partial charge in [0.15, 0.2) is 0 Å². The average molecular weight is 294 g/mol. The Morgan fingerprint density at radius 1 is 1.32 bits per heavy atom. The molecule has 4 N–H and O–H groups in total. The maximum absolute atomic E-state index is 6.12. The summed E-state index contributed by atoms with van der Waals surface area (Å²) in [6, 6.07) is 9.61. The van der Waals surface area contributed by atoms with Crippen molar-refractivity contribution in [3.05, 3.63) is 53.3 Å². The number of aromatic nitrogens is 1. The van der Waals surface area contributed by atoms with E-state index in [0.717, 1.165) is 33.3 Å². The van der Waals surface area contributed by atoms with Gasteiger partial charge in [0.1, 0.15) is 0 Å². The fraction of sp³-hybridized carbons (Fsp3) is 0.214. The summed E-state index contributed by atoms with van der Waals surface area (Å²) in [4.78, 5) is 5.20. The molecule has 19 heavy (non-hydrogen) atoms. The minimum Gasteiger partial charge on any atom is -0.398 e. The molecular formula is C14H16ClN3S. The molecule has 0 bridgehead atoms. The van der Waals surface area contributed by atoms with E-state index in [0.29, 0.717) is 0 Å². The van der Waals surface area contributed by atoms with Crippen molar-refractivity contribution in [1.29, 1.82) is 0 Å². The van der Waals surface area contributed by atoms with Gasteiger partial charge in [-0.05, 0) is 36.2 Å². The van der Waals surface area contributed by atoms with Gasteiger partial charge in [-0.2, -0.15) is 0 Å². The average Bonchev–Trinajstić information content (AvgIpc) is 2.39. The van der Waals surface area contributed by atoms with Gasteiger partial charge in [-0.25, -0.2) is 0 Å². The first-order chi connectivity index (χ1) is 9.15. The fourth-order valence-electron chi connectivity index (χ4n) is 1.71. The first-order valence-electron chi connectivity index (χ1n) is 5.97. The quantitative estimate of drug-likeness (QED) is 0.832. The Kier molecular flexibility index (Phi) is 5.07. The lowest BCUT2D eigenvalue weighted by Crippen LogP contribution is -2.26. The number of nitrogen functional groups attached to an aromatic ring is 1. The molecule has 1 aromatic carbocycles. The molecule has 0 aliphatic carbocycles. The van der Waals surface area contributed by atoms with E-state index in [1.807, 2.05) is 24.3 Å². The van der Waals surface area contributed by atoms with E-state index in [-0.39, 0.29) is 6.04 Å². The zero-order chi connectivity index (χ0) is 13.7. The Labute approximate surface area is 122 Å². The van der Waals surface area contributed by atoms with Crippen LogP contribution in [0.25, 0.3) is 0 Å². The molecule has 0 amide bonds. The van der Waals surface area contributed by atoms with Gasteiger partial charge >= 0.3 is 0 Å². The summed E-state index contributed by atoms with van der Waals surface area (Å²) in [6.45, 7) is 0.